The van der Waals surface area contributed by atoms with Crippen molar-refractivity contribution in [2.24, 2.45) is 9.98 Å². The Bertz CT molecular complexity index is 979. The van der Waals surface area contributed by atoms with Gasteiger partial charge in [-0.15, -0.1) is 0 Å². The van der Waals surface area contributed by atoms with E-state index in [1.54, 1.807) is 6.34 Å². The van der Waals surface area contributed by atoms with Crippen molar-refractivity contribution in [3.8, 4) is 0 Å². The molecule has 2 unspecified atom stereocenters. The highest BCUT2D eigenvalue weighted by molar-refractivity contribution is 6.31. The van der Waals surface area contributed by atoms with Gasteiger partial charge in [-0.3, -0.25) is 4.99 Å². The van der Waals surface area contributed by atoms with Crippen LogP contribution in [0.5, 0.6) is 0 Å². The van der Waals surface area contributed by atoms with E-state index in [4.69, 9.17) is 23.2 Å². The number of rotatable bonds is 1. The number of fused-ring (bicyclic) bond motifs is 3. The summed E-state index contributed by atoms with van der Waals surface area (Å²) in [6.45, 7) is 5.84. The number of aryl methyl sites for hydroxylation is 1. The molecule has 0 aliphatic carbocycles. The maximum atomic E-state index is 6.21. The quantitative estimate of drug-likeness (QED) is 0.753. The number of nitrogens with one attached hydrogen (secondary N) is 1. The molecule has 0 spiro atoms. The van der Waals surface area contributed by atoms with E-state index >= 15 is 0 Å². The highest BCUT2D eigenvalue weighted by Gasteiger charge is 2.39. The maximum absolute atomic E-state index is 6.21. The molecule has 1 saturated heterocycles. The lowest BCUT2D eigenvalue weighted by molar-refractivity contribution is 0.372. The Kier molecular flexibility index (Phi) is 4.44. The van der Waals surface area contributed by atoms with Crippen LogP contribution in [0, 0.1) is 6.92 Å². The predicted octanol–water partition coefficient (Wildman–Crippen LogP) is 4.40. The Morgan fingerprint density at radius 3 is 2.50 bits per heavy atom. The molecule has 28 heavy (non-hydrogen) atoms. The zero-order chi connectivity index (χ0) is 19.3. The summed E-state index contributed by atoms with van der Waals surface area (Å²) >= 11 is 12.4. The van der Waals surface area contributed by atoms with E-state index in [0.29, 0.717) is 0 Å². The van der Waals surface area contributed by atoms with Crippen LogP contribution in [0.3, 0.4) is 0 Å². The van der Waals surface area contributed by atoms with E-state index in [2.05, 4.69) is 44.2 Å². The molecule has 3 heterocycles. The normalized spacial score (nSPS) is 23.2. The second-order valence-electron chi connectivity index (χ2n) is 7.46. The van der Waals surface area contributed by atoms with Gasteiger partial charge in [0.25, 0.3) is 0 Å². The van der Waals surface area contributed by atoms with Crippen molar-refractivity contribution in [1.82, 2.24) is 4.90 Å². The summed E-state index contributed by atoms with van der Waals surface area (Å²) in [4.78, 5) is 14.0. The molecule has 0 aromatic heterocycles. The summed E-state index contributed by atoms with van der Waals surface area (Å²) in [6.07, 6.45) is 1.70. The minimum atomic E-state index is 0.0365. The zero-order valence-corrected chi connectivity index (χ0v) is 17.1. The average Bonchev–Trinajstić information content (AvgIpc) is 3.08. The van der Waals surface area contributed by atoms with Gasteiger partial charge in [-0.05, 0) is 42.8 Å². The van der Waals surface area contributed by atoms with Gasteiger partial charge in [0, 0.05) is 53.2 Å². The smallest absolute Gasteiger partial charge is 0.131 e. The minimum Gasteiger partial charge on any atom is -0.373 e. The van der Waals surface area contributed by atoms with Gasteiger partial charge in [-0.1, -0.05) is 29.3 Å². The lowest BCUT2D eigenvalue weighted by Gasteiger charge is -2.40. The largest absolute Gasteiger partial charge is 0.373 e. The topological polar surface area (TPSA) is 43.2 Å². The van der Waals surface area contributed by atoms with Crippen LogP contribution < -0.4 is 10.2 Å². The number of benzene rings is 2. The van der Waals surface area contributed by atoms with Crippen LogP contribution in [0.25, 0.3) is 0 Å². The van der Waals surface area contributed by atoms with Crippen molar-refractivity contribution in [1.29, 1.82) is 0 Å². The first-order valence-electron chi connectivity index (χ1n) is 9.51. The minimum absolute atomic E-state index is 0.0365. The van der Waals surface area contributed by atoms with E-state index in [9.17, 15) is 0 Å². The summed E-state index contributed by atoms with van der Waals surface area (Å²) in [6, 6.07) is 12.2. The number of amidine groups is 1. The van der Waals surface area contributed by atoms with Crippen molar-refractivity contribution in [3.05, 3.63) is 57.6 Å². The Hall–Kier alpha value is -2.24. The number of aliphatic imine (C=N–C) groups is 2. The number of hydrogen-bond acceptors (Lipinski definition) is 5. The van der Waals surface area contributed by atoms with Crippen LogP contribution in [0.4, 0.5) is 11.4 Å². The summed E-state index contributed by atoms with van der Waals surface area (Å²) in [5, 5.41) is 5.12. The van der Waals surface area contributed by atoms with Crippen LogP contribution >= 0.6 is 23.2 Å². The molecule has 0 saturated carbocycles. The van der Waals surface area contributed by atoms with E-state index in [1.165, 1.54) is 11.3 Å². The predicted molar refractivity (Wildman–Crippen MR) is 118 cm³/mol. The molecule has 0 amide bonds. The van der Waals surface area contributed by atoms with Crippen LogP contribution in [-0.4, -0.2) is 49.3 Å². The monoisotopic (exact) mass is 413 g/mol. The molecule has 2 aromatic carbocycles. The molecular formula is C21H21Cl2N5. The van der Waals surface area contributed by atoms with Crippen LogP contribution in [-0.2, 0) is 0 Å². The van der Waals surface area contributed by atoms with E-state index in [0.717, 1.165) is 53.3 Å². The standard InChI is InChI=1S/C21H21Cl2N5/c1-13-2-3-15(23)11-18(13)27-6-8-28(9-7-27)21-20-19(24-12-25-21)16-10-14(22)4-5-17(16)26-20/h2-5,10-12,19-20,26H,6-9H2,1H3. The van der Waals surface area contributed by atoms with Gasteiger partial charge in [-0.2, -0.15) is 0 Å². The number of halogens is 2. The Morgan fingerprint density at radius 1 is 0.964 bits per heavy atom. The van der Waals surface area contributed by atoms with Gasteiger partial charge >= 0.3 is 0 Å². The third kappa shape index (κ3) is 3.03. The molecule has 2 atom stereocenters. The average molecular weight is 414 g/mol. The van der Waals surface area contributed by atoms with Crippen LogP contribution in [0.1, 0.15) is 17.2 Å². The molecule has 1 N–H and O–H groups in total. The van der Waals surface area contributed by atoms with Crippen molar-refractivity contribution in [2.75, 3.05) is 36.4 Å². The Labute approximate surface area is 174 Å². The fourth-order valence-corrected chi connectivity index (χ4v) is 4.68. The van der Waals surface area contributed by atoms with Gasteiger partial charge in [0.15, 0.2) is 0 Å². The van der Waals surface area contributed by atoms with Crippen molar-refractivity contribution < 1.29 is 0 Å². The molecule has 5 nitrogen and oxygen atoms in total. The molecule has 7 heteroatoms. The van der Waals surface area contributed by atoms with Crippen molar-refractivity contribution >= 4 is 46.8 Å². The van der Waals surface area contributed by atoms with Crippen LogP contribution in [0.15, 0.2) is 46.4 Å². The highest BCUT2D eigenvalue weighted by atomic mass is 35.5. The molecule has 3 aliphatic heterocycles. The molecule has 0 bridgehead atoms. The first-order valence-corrected chi connectivity index (χ1v) is 10.3. The molecule has 5 rings (SSSR count). The molecule has 0 radical (unpaired) electrons. The summed E-state index contributed by atoms with van der Waals surface area (Å²) in [5.74, 6) is 1.06. The first kappa shape index (κ1) is 17.8. The summed E-state index contributed by atoms with van der Waals surface area (Å²) < 4.78 is 0. The molecule has 1 fully saturated rings. The lowest BCUT2D eigenvalue weighted by Crippen LogP contribution is -2.53. The second-order valence-corrected chi connectivity index (χ2v) is 8.33. The van der Waals surface area contributed by atoms with Gasteiger partial charge in [-0.25, -0.2) is 4.99 Å². The van der Waals surface area contributed by atoms with Crippen molar-refractivity contribution in [3.63, 3.8) is 0 Å². The van der Waals surface area contributed by atoms with E-state index in [-0.39, 0.29) is 12.1 Å². The van der Waals surface area contributed by atoms with Crippen LogP contribution in [0.2, 0.25) is 10.0 Å². The molecule has 2 aromatic rings. The third-order valence-electron chi connectivity index (χ3n) is 5.77. The first-order chi connectivity index (χ1) is 13.6. The maximum Gasteiger partial charge on any atom is 0.131 e. The zero-order valence-electron chi connectivity index (χ0n) is 15.6. The summed E-state index contributed by atoms with van der Waals surface area (Å²) in [7, 11) is 0. The second kappa shape index (κ2) is 6.98. The van der Waals surface area contributed by atoms with Crippen molar-refractivity contribution in [2.45, 2.75) is 19.0 Å². The van der Waals surface area contributed by atoms with E-state index < -0.39 is 0 Å². The number of nitrogens with zero attached hydrogens (tertiary/aromatic N) is 4. The lowest BCUT2D eigenvalue weighted by atomic mass is 10.0. The molecule has 144 valence electrons. The third-order valence-corrected chi connectivity index (χ3v) is 6.24. The van der Waals surface area contributed by atoms with Gasteiger partial charge in [0.2, 0.25) is 0 Å². The van der Waals surface area contributed by atoms with Gasteiger partial charge in [0.1, 0.15) is 24.3 Å². The van der Waals surface area contributed by atoms with Gasteiger partial charge in [0.05, 0.1) is 0 Å². The number of hydrogen-bond donors (Lipinski definition) is 1. The number of piperazine rings is 1. The Morgan fingerprint density at radius 2 is 1.68 bits per heavy atom. The van der Waals surface area contributed by atoms with E-state index in [1.807, 2.05) is 24.3 Å². The highest BCUT2D eigenvalue weighted by Crippen LogP contribution is 2.40. The fourth-order valence-electron chi connectivity index (χ4n) is 4.33. The number of anilines is 2. The summed E-state index contributed by atoms with van der Waals surface area (Å²) in [5.41, 5.74) is 4.72. The fraction of sp³-hybridized carbons (Fsp3) is 0.333. The van der Waals surface area contributed by atoms with Gasteiger partial charge < -0.3 is 15.1 Å². The molecule has 3 aliphatic rings. The Balaban J connectivity index is 1.33. The molecular weight excluding hydrogens is 393 g/mol. The SMILES string of the molecule is Cc1ccc(Cl)cc1N1CCN(C2=NC=NC3c4cc(Cl)ccc4NC23)CC1.